The molecule has 0 fully saturated rings. The van der Waals surface area contributed by atoms with E-state index in [1.54, 1.807) is 17.4 Å². The van der Waals surface area contributed by atoms with E-state index in [-0.39, 0.29) is 5.82 Å². The highest BCUT2D eigenvalue weighted by atomic mass is 32.1. The van der Waals surface area contributed by atoms with Crippen LogP contribution in [-0.4, -0.2) is 4.98 Å². The van der Waals surface area contributed by atoms with Crippen LogP contribution in [0.15, 0.2) is 24.4 Å². The number of anilines is 2. The van der Waals surface area contributed by atoms with Crippen LogP contribution in [0, 0.1) is 12.7 Å². The summed E-state index contributed by atoms with van der Waals surface area (Å²) in [4.78, 5) is 5.26. The molecule has 0 unspecified atom stereocenters. The third-order valence-corrected chi connectivity index (χ3v) is 2.97. The summed E-state index contributed by atoms with van der Waals surface area (Å²) >= 11 is 1.62. The van der Waals surface area contributed by atoms with E-state index in [9.17, 15) is 4.39 Å². The molecular weight excluding hydrogens is 225 g/mol. The molecule has 2 aromatic rings. The van der Waals surface area contributed by atoms with Crippen molar-refractivity contribution in [3.8, 4) is 0 Å². The van der Waals surface area contributed by atoms with E-state index in [2.05, 4.69) is 10.3 Å². The van der Waals surface area contributed by atoms with Gasteiger partial charge in [-0.15, -0.1) is 11.3 Å². The van der Waals surface area contributed by atoms with Gasteiger partial charge in [-0.3, -0.25) is 0 Å². The Balaban J connectivity index is 2.04. The standard InChI is InChI=1S/C11H12FN3S/c1-7-14-5-11(16-7)6-15-10-3-8(12)2-9(13)4-10/h2-5,15H,6,13H2,1H3. The van der Waals surface area contributed by atoms with Crippen LogP contribution in [0.3, 0.4) is 0 Å². The summed E-state index contributed by atoms with van der Waals surface area (Å²) in [6, 6.07) is 4.42. The average Bonchev–Trinajstić information content (AvgIpc) is 2.60. The number of aromatic nitrogens is 1. The molecule has 0 aliphatic rings. The molecule has 0 radical (unpaired) electrons. The van der Waals surface area contributed by atoms with Gasteiger partial charge in [0.2, 0.25) is 0 Å². The summed E-state index contributed by atoms with van der Waals surface area (Å²) in [6.45, 7) is 2.59. The highest BCUT2D eigenvalue weighted by Gasteiger charge is 2.00. The van der Waals surface area contributed by atoms with Crippen molar-refractivity contribution in [2.24, 2.45) is 0 Å². The summed E-state index contributed by atoms with van der Waals surface area (Å²) in [5.41, 5.74) is 6.65. The van der Waals surface area contributed by atoms with Gasteiger partial charge in [0.15, 0.2) is 0 Å². The Bertz CT molecular complexity index is 475. The number of aryl methyl sites for hydroxylation is 1. The van der Waals surface area contributed by atoms with Crippen molar-refractivity contribution in [3.05, 3.63) is 40.1 Å². The van der Waals surface area contributed by atoms with Gasteiger partial charge >= 0.3 is 0 Å². The monoisotopic (exact) mass is 237 g/mol. The Kier molecular flexibility index (Phi) is 3.05. The quantitative estimate of drug-likeness (QED) is 0.807. The summed E-state index contributed by atoms with van der Waals surface area (Å²) in [5.74, 6) is -0.331. The van der Waals surface area contributed by atoms with Gasteiger partial charge in [0.25, 0.3) is 0 Å². The molecule has 0 saturated carbocycles. The number of nitrogens with two attached hydrogens (primary N) is 1. The third kappa shape index (κ3) is 2.70. The van der Waals surface area contributed by atoms with Gasteiger partial charge in [0.1, 0.15) is 5.82 Å². The molecule has 1 heterocycles. The molecule has 16 heavy (non-hydrogen) atoms. The molecular formula is C11H12FN3S. The Morgan fingerprint density at radius 3 is 2.88 bits per heavy atom. The molecule has 5 heteroatoms. The maximum atomic E-state index is 13.0. The van der Waals surface area contributed by atoms with Gasteiger partial charge in [-0.25, -0.2) is 9.37 Å². The number of nitrogen functional groups attached to an aromatic ring is 1. The lowest BCUT2D eigenvalue weighted by Gasteiger charge is -2.05. The van der Waals surface area contributed by atoms with Gasteiger partial charge in [-0.05, 0) is 25.1 Å². The highest BCUT2D eigenvalue weighted by molar-refractivity contribution is 7.11. The normalized spacial score (nSPS) is 10.4. The van der Waals surface area contributed by atoms with Crippen molar-refractivity contribution in [2.75, 3.05) is 11.1 Å². The predicted molar refractivity (Wildman–Crippen MR) is 65.0 cm³/mol. The molecule has 84 valence electrons. The lowest BCUT2D eigenvalue weighted by atomic mass is 10.2. The Hall–Kier alpha value is -1.62. The number of nitrogens with one attached hydrogen (secondary N) is 1. The number of hydrogen-bond acceptors (Lipinski definition) is 4. The van der Waals surface area contributed by atoms with Crippen LogP contribution in [0.5, 0.6) is 0 Å². The van der Waals surface area contributed by atoms with E-state index in [1.165, 1.54) is 12.1 Å². The first kappa shape index (κ1) is 10.9. The molecule has 0 aliphatic heterocycles. The molecule has 3 nitrogen and oxygen atoms in total. The fourth-order valence-electron chi connectivity index (χ4n) is 1.39. The van der Waals surface area contributed by atoms with Gasteiger partial charge in [0, 0.05) is 22.4 Å². The van der Waals surface area contributed by atoms with Crippen LogP contribution in [0.2, 0.25) is 0 Å². The van der Waals surface area contributed by atoms with Crippen molar-refractivity contribution in [1.29, 1.82) is 0 Å². The van der Waals surface area contributed by atoms with Crippen LogP contribution in [-0.2, 0) is 6.54 Å². The molecule has 0 saturated heterocycles. The molecule has 0 bridgehead atoms. The number of halogens is 1. The molecule has 2 rings (SSSR count). The number of benzene rings is 1. The topological polar surface area (TPSA) is 50.9 Å². The van der Waals surface area contributed by atoms with Crippen molar-refractivity contribution < 1.29 is 4.39 Å². The zero-order chi connectivity index (χ0) is 11.5. The second-order valence-electron chi connectivity index (χ2n) is 3.47. The van der Waals surface area contributed by atoms with Crippen LogP contribution in [0.25, 0.3) is 0 Å². The van der Waals surface area contributed by atoms with Crippen LogP contribution < -0.4 is 11.1 Å². The zero-order valence-corrected chi connectivity index (χ0v) is 9.64. The minimum Gasteiger partial charge on any atom is -0.399 e. The molecule has 1 aromatic carbocycles. The van der Waals surface area contributed by atoms with Gasteiger partial charge < -0.3 is 11.1 Å². The molecule has 0 aliphatic carbocycles. The minimum absolute atomic E-state index is 0.331. The van der Waals surface area contributed by atoms with E-state index >= 15 is 0 Å². The van der Waals surface area contributed by atoms with E-state index in [1.807, 2.05) is 13.1 Å². The van der Waals surface area contributed by atoms with Gasteiger partial charge in [-0.1, -0.05) is 0 Å². The molecule has 1 aromatic heterocycles. The maximum absolute atomic E-state index is 13.0. The van der Waals surface area contributed by atoms with Crippen molar-refractivity contribution in [1.82, 2.24) is 4.98 Å². The fraction of sp³-hybridized carbons (Fsp3) is 0.182. The Morgan fingerprint density at radius 2 is 2.25 bits per heavy atom. The van der Waals surface area contributed by atoms with Crippen LogP contribution in [0.1, 0.15) is 9.88 Å². The maximum Gasteiger partial charge on any atom is 0.127 e. The molecule has 0 amide bonds. The average molecular weight is 237 g/mol. The van der Waals surface area contributed by atoms with Crippen molar-refractivity contribution in [2.45, 2.75) is 13.5 Å². The van der Waals surface area contributed by atoms with E-state index < -0.39 is 0 Å². The van der Waals surface area contributed by atoms with E-state index in [4.69, 9.17) is 5.73 Å². The summed E-state index contributed by atoms with van der Waals surface area (Å²) in [7, 11) is 0. The van der Waals surface area contributed by atoms with Gasteiger partial charge in [-0.2, -0.15) is 0 Å². The minimum atomic E-state index is -0.331. The zero-order valence-electron chi connectivity index (χ0n) is 8.83. The predicted octanol–water partition coefficient (Wildman–Crippen LogP) is 2.78. The Morgan fingerprint density at radius 1 is 1.44 bits per heavy atom. The van der Waals surface area contributed by atoms with Crippen molar-refractivity contribution >= 4 is 22.7 Å². The fourth-order valence-corrected chi connectivity index (χ4v) is 2.13. The summed E-state index contributed by atoms with van der Waals surface area (Å²) in [6.07, 6.45) is 1.82. The van der Waals surface area contributed by atoms with Crippen LogP contribution >= 0.6 is 11.3 Å². The second-order valence-corrected chi connectivity index (χ2v) is 4.79. The first-order valence-corrected chi connectivity index (χ1v) is 5.66. The molecule has 3 N–H and O–H groups in total. The number of nitrogens with zero attached hydrogens (tertiary/aromatic N) is 1. The third-order valence-electron chi connectivity index (χ3n) is 2.06. The second kappa shape index (κ2) is 4.49. The van der Waals surface area contributed by atoms with Crippen molar-refractivity contribution in [3.63, 3.8) is 0 Å². The lowest BCUT2D eigenvalue weighted by Crippen LogP contribution is -1.99. The molecule has 0 atom stereocenters. The summed E-state index contributed by atoms with van der Waals surface area (Å²) in [5, 5.41) is 4.13. The smallest absolute Gasteiger partial charge is 0.127 e. The van der Waals surface area contributed by atoms with E-state index in [0.29, 0.717) is 17.9 Å². The number of thiazole rings is 1. The largest absolute Gasteiger partial charge is 0.399 e. The highest BCUT2D eigenvalue weighted by Crippen LogP contribution is 2.18. The number of hydrogen-bond donors (Lipinski definition) is 2. The lowest BCUT2D eigenvalue weighted by molar-refractivity contribution is 0.629. The van der Waals surface area contributed by atoms with Crippen LogP contribution in [0.4, 0.5) is 15.8 Å². The first-order valence-electron chi connectivity index (χ1n) is 4.85. The number of rotatable bonds is 3. The van der Waals surface area contributed by atoms with Gasteiger partial charge in [0.05, 0.1) is 11.6 Å². The van der Waals surface area contributed by atoms with E-state index in [0.717, 1.165) is 9.88 Å². The SMILES string of the molecule is Cc1ncc(CNc2cc(N)cc(F)c2)s1. The first-order chi connectivity index (χ1) is 7.63. The molecule has 0 spiro atoms. The summed E-state index contributed by atoms with van der Waals surface area (Å²) < 4.78 is 13.0. The Labute approximate surface area is 97.1 Å².